The summed E-state index contributed by atoms with van der Waals surface area (Å²) in [6.07, 6.45) is 0. The zero-order chi connectivity index (χ0) is 33.5. The van der Waals surface area contributed by atoms with Crippen LogP contribution in [-0.2, 0) is 0 Å². The second kappa shape index (κ2) is 10.7. The number of hydrogen-bond acceptors (Lipinski definition) is 7. The zero-order valence-corrected chi connectivity index (χ0v) is 26.9. The monoisotopic (exact) mass is 656 g/mol. The molecule has 7 heteroatoms. The zero-order valence-electron chi connectivity index (χ0n) is 26.9. The molecule has 11 rings (SSSR count). The Kier molecular flexibility index (Phi) is 5.83. The van der Waals surface area contributed by atoms with Crippen LogP contribution in [0.25, 0.3) is 111 Å². The van der Waals surface area contributed by atoms with Gasteiger partial charge in [0.2, 0.25) is 5.89 Å². The predicted octanol–water partition coefficient (Wildman–Crippen LogP) is 11.6. The van der Waals surface area contributed by atoms with Gasteiger partial charge < -0.3 is 13.3 Å². The van der Waals surface area contributed by atoms with Gasteiger partial charge in [-0.2, -0.15) is 0 Å². The molecule has 0 saturated carbocycles. The van der Waals surface area contributed by atoms with Crippen LogP contribution < -0.4 is 0 Å². The molecule has 4 heterocycles. The van der Waals surface area contributed by atoms with Gasteiger partial charge in [0.15, 0.2) is 23.1 Å². The summed E-state index contributed by atoms with van der Waals surface area (Å²) < 4.78 is 18.8. The molecule has 0 saturated heterocycles. The van der Waals surface area contributed by atoms with Gasteiger partial charge in [0.1, 0.15) is 27.8 Å². The van der Waals surface area contributed by atoms with Crippen molar-refractivity contribution in [1.29, 1.82) is 0 Å². The van der Waals surface area contributed by atoms with Crippen molar-refractivity contribution < 1.29 is 13.3 Å². The van der Waals surface area contributed by atoms with Crippen LogP contribution in [0.3, 0.4) is 0 Å². The fourth-order valence-corrected chi connectivity index (χ4v) is 7.12. The Morgan fingerprint density at radius 2 is 0.882 bits per heavy atom. The quantitative estimate of drug-likeness (QED) is 0.186. The Bertz CT molecular complexity index is 3140. The highest BCUT2D eigenvalue weighted by Crippen LogP contribution is 2.41. The molecule has 0 aliphatic rings. The lowest BCUT2D eigenvalue weighted by molar-refractivity contribution is 0.619. The van der Waals surface area contributed by atoms with Crippen molar-refractivity contribution in [2.45, 2.75) is 0 Å². The van der Waals surface area contributed by atoms with Gasteiger partial charge in [0.05, 0.1) is 5.39 Å². The number of aromatic nitrogens is 4. The Morgan fingerprint density at radius 1 is 0.333 bits per heavy atom. The Morgan fingerprint density at radius 3 is 1.69 bits per heavy atom. The van der Waals surface area contributed by atoms with Crippen molar-refractivity contribution >= 4 is 65.7 Å². The standard InChI is InChI=1S/C44H24N4O3/c1-3-9-26(10-4-1)41-46-42(48-43(47-41)29-18-19-34-32(24-29)30-13-7-8-14-33(30)49-34)28-16-15-25-17-20-35-38(31(25)23-28)39-36(50-35)21-22-37-40(39)45-44(51-37)27-11-5-2-6-12-27/h1-24H. The van der Waals surface area contributed by atoms with Gasteiger partial charge in [-0.3, -0.25) is 0 Å². The van der Waals surface area contributed by atoms with Crippen LogP contribution in [0.4, 0.5) is 0 Å². The first kappa shape index (κ1) is 27.8. The van der Waals surface area contributed by atoms with E-state index in [0.717, 1.165) is 82.4 Å². The lowest BCUT2D eigenvalue weighted by Crippen LogP contribution is -2.00. The van der Waals surface area contributed by atoms with E-state index in [0.29, 0.717) is 28.9 Å². The van der Waals surface area contributed by atoms with E-state index in [4.69, 9.17) is 33.2 Å². The molecule has 0 amide bonds. The fourth-order valence-electron chi connectivity index (χ4n) is 7.12. The molecule has 0 aliphatic heterocycles. The number of nitrogens with zero attached hydrogens (tertiary/aromatic N) is 4. The van der Waals surface area contributed by atoms with Crippen LogP contribution >= 0.6 is 0 Å². The summed E-state index contributed by atoms with van der Waals surface area (Å²) in [5.41, 5.74) is 8.21. The highest BCUT2D eigenvalue weighted by Gasteiger charge is 2.20. The third kappa shape index (κ3) is 4.38. The van der Waals surface area contributed by atoms with Crippen molar-refractivity contribution in [3.63, 3.8) is 0 Å². The lowest BCUT2D eigenvalue weighted by atomic mass is 10.0. The lowest BCUT2D eigenvalue weighted by Gasteiger charge is -2.09. The topological polar surface area (TPSA) is 91.0 Å². The number of para-hydroxylation sites is 1. The third-order valence-electron chi connectivity index (χ3n) is 9.56. The SMILES string of the molecule is c1ccc(-c2nc(-c3ccc4oc5ccccc5c4c3)nc(-c3ccc4ccc5oc6ccc7oc(-c8ccccc8)nc7c6c5c4c3)n2)cc1. The van der Waals surface area contributed by atoms with Gasteiger partial charge in [-0.15, -0.1) is 0 Å². The number of furan rings is 2. The fraction of sp³-hybridized carbons (Fsp3) is 0. The number of hydrogen-bond donors (Lipinski definition) is 0. The van der Waals surface area contributed by atoms with Crippen LogP contribution in [0.2, 0.25) is 0 Å². The average Bonchev–Trinajstić information content (AvgIpc) is 3.91. The molecule has 238 valence electrons. The molecule has 4 aromatic heterocycles. The molecule has 0 aliphatic carbocycles. The van der Waals surface area contributed by atoms with Crippen LogP contribution in [0.5, 0.6) is 0 Å². The molecule has 0 unspecified atom stereocenters. The maximum atomic E-state index is 6.41. The minimum Gasteiger partial charge on any atom is -0.456 e. The average molecular weight is 657 g/mol. The van der Waals surface area contributed by atoms with Crippen molar-refractivity contribution in [2.24, 2.45) is 0 Å². The van der Waals surface area contributed by atoms with Gasteiger partial charge >= 0.3 is 0 Å². The second-order valence-corrected chi connectivity index (χ2v) is 12.6. The molecule has 0 radical (unpaired) electrons. The Hall–Kier alpha value is -7.12. The van der Waals surface area contributed by atoms with E-state index < -0.39 is 0 Å². The Labute approximate surface area is 289 Å². The minimum atomic E-state index is 0.570. The van der Waals surface area contributed by atoms with E-state index >= 15 is 0 Å². The van der Waals surface area contributed by atoms with E-state index in [1.54, 1.807) is 0 Å². The molecular formula is C44H24N4O3. The molecule has 0 atom stereocenters. The molecule has 11 aromatic rings. The van der Waals surface area contributed by atoms with E-state index in [1.165, 1.54) is 0 Å². The predicted molar refractivity (Wildman–Crippen MR) is 201 cm³/mol. The van der Waals surface area contributed by atoms with Gasteiger partial charge in [-0.05, 0) is 71.4 Å². The highest BCUT2D eigenvalue weighted by molar-refractivity contribution is 6.25. The van der Waals surface area contributed by atoms with Crippen LogP contribution in [0, 0.1) is 0 Å². The summed E-state index contributed by atoms with van der Waals surface area (Å²) in [6, 6.07) is 48.4. The molecule has 7 aromatic carbocycles. The molecule has 0 spiro atoms. The van der Waals surface area contributed by atoms with Gasteiger partial charge in [-0.1, -0.05) is 84.9 Å². The number of fused-ring (bicyclic) bond motifs is 10. The summed E-state index contributed by atoms with van der Waals surface area (Å²) in [4.78, 5) is 20.1. The van der Waals surface area contributed by atoms with Gasteiger partial charge in [-0.25, -0.2) is 19.9 Å². The molecule has 7 nitrogen and oxygen atoms in total. The maximum Gasteiger partial charge on any atom is 0.227 e. The number of oxazole rings is 1. The summed E-state index contributed by atoms with van der Waals surface area (Å²) in [6.45, 7) is 0. The summed E-state index contributed by atoms with van der Waals surface area (Å²) in [7, 11) is 0. The molecule has 0 fully saturated rings. The van der Waals surface area contributed by atoms with Crippen molar-refractivity contribution in [3.05, 3.63) is 146 Å². The maximum absolute atomic E-state index is 6.41. The van der Waals surface area contributed by atoms with Crippen molar-refractivity contribution in [1.82, 2.24) is 19.9 Å². The third-order valence-corrected chi connectivity index (χ3v) is 9.56. The number of benzene rings is 7. The minimum absolute atomic E-state index is 0.570. The first-order valence-electron chi connectivity index (χ1n) is 16.7. The molecular weight excluding hydrogens is 633 g/mol. The molecule has 51 heavy (non-hydrogen) atoms. The second-order valence-electron chi connectivity index (χ2n) is 12.6. The Balaban J connectivity index is 1.13. The van der Waals surface area contributed by atoms with Gasteiger partial charge in [0.25, 0.3) is 0 Å². The van der Waals surface area contributed by atoms with E-state index in [1.807, 2.05) is 109 Å². The van der Waals surface area contributed by atoms with E-state index in [-0.39, 0.29) is 0 Å². The molecule has 0 N–H and O–H groups in total. The summed E-state index contributed by atoms with van der Waals surface area (Å²) in [5.74, 6) is 2.31. The van der Waals surface area contributed by atoms with Crippen molar-refractivity contribution in [3.8, 4) is 45.6 Å². The number of rotatable bonds is 4. The normalized spacial score (nSPS) is 11.9. The highest BCUT2D eigenvalue weighted by atomic mass is 16.4. The molecule has 0 bridgehead atoms. The van der Waals surface area contributed by atoms with E-state index in [2.05, 4.69) is 36.4 Å². The largest absolute Gasteiger partial charge is 0.456 e. The van der Waals surface area contributed by atoms with E-state index in [9.17, 15) is 0 Å². The van der Waals surface area contributed by atoms with Crippen LogP contribution in [-0.4, -0.2) is 19.9 Å². The van der Waals surface area contributed by atoms with Crippen LogP contribution in [0.1, 0.15) is 0 Å². The van der Waals surface area contributed by atoms with Crippen LogP contribution in [0.15, 0.2) is 159 Å². The first-order valence-corrected chi connectivity index (χ1v) is 16.7. The summed E-state index contributed by atoms with van der Waals surface area (Å²) in [5, 5.41) is 6.02. The summed E-state index contributed by atoms with van der Waals surface area (Å²) >= 11 is 0. The van der Waals surface area contributed by atoms with Crippen molar-refractivity contribution in [2.75, 3.05) is 0 Å². The first-order chi connectivity index (χ1) is 25.2. The smallest absolute Gasteiger partial charge is 0.227 e. The van der Waals surface area contributed by atoms with Gasteiger partial charge in [0, 0.05) is 38.4 Å².